The number of anilines is 2. The summed E-state index contributed by atoms with van der Waals surface area (Å²) in [6.45, 7) is 6.72. The number of hydrogen-bond acceptors (Lipinski definition) is 7. The number of carbonyl (C=O) groups excluding carboxylic acids is 1. The normalized spacial score (nSPS) is 13.9. The van der Waals surface area contributed by atoms with Gasteiger partial charge in [0.25, 0.3) is 12.3 Å². The first kappa shape index (κ1) is 24.0. The standard InChI is InChI=1S/C24H25F2N5O2S/c1-14-4-5-17(29-24(32)16-6-7-27-19(12-16)21(25)26)13-18(14)22-28-15(2)20(34-3)23(30-22)31-8-10-33-11-9-31/h4-7,12-13,21H,8-11H2,1-3H3,(H,29,32). The number of rotatable bonds is 6. The van der Waals surface area contributed by atoms with E-state index in [0.717, 1.165) is 46.7 Å². The van der Waals surface area contributed by atoms with Crippen molar-refractivity contribution in [2.24, 2.45) is 0 Å². The van der Waals surface area contributed by atoms with E-state index in [1.807, 2.05) is 26.2 Å². The summed E-state index contributed by atoms with van der Waals surface area (Å²) in [6.07, 6.45) is 0.465. The highest BCUT2D eigenvalue weighted by atomic mass is 32.2. The molecule has 3 aromatic rings. The Hall–Kier alpha value is -3.11. The van der Waals surface area contributed by atoms with Crippen LogP contribution in [-0.2, 0) is 4.74 Å². The van der Waals surface area contributed by atoms with E-state index in [9.17, 15) is 13.6 Å². The van der Waals surface area contributed by atoms with Crippen molar-refractivity contribution in [1.82, 2.24) is 15.0 Å². The number of thioether (sulfide) groups is 1. The predicted octanol–water partition coefficient (Wildman–Crippen LogP) is 4.90. The second-order valence-corrected chi connectivity index (χ2v) is 8.66. The molecule has 1 amide bonds. The van der Waals surface area contributed by atoms with E-state index in [0.29, 0.717) is 24.7 Å². The number of halogens is 2. The van der Waals surface area contributed by atoms with Crippen molar-refractivity contribution in [3.05, 3.63) is 59.0 Å². The van der Waals surface area contributed by atoms with Crippen LogP contribution in [0.5, 0.6) is 0 Å². The highest BCUT2D eigenvalue weighted by molar-refractivity contribution is 7.98. The maximum absolute atomic E-state index is 13.0. The smallest absolute Gasteiger partial charge is 0.280 e. The molecule has 178 valence electrons. The molecule has 1 fully saturated rings. The molecular formula is C24H25F2N5O2S. The molecule has 0 aliphatic carbocycles. The molecule has 0 unspecified atom stereocenters. The topological polar surface area (TPSA) is 80.2 Å². The monoisotopic (exact) mass is 485 g/mol. The van der Waals surface area contributed by atoms with Crippen molar-refractivity contribution in [2.75, 3.05) is 42.8 Å². The van der Waals surface area contributed by atoms with E-state index in [4.69, 9.17) is 14.7 Å². The molecule has 4 rings (SSSR count). The van der Waals surface area contributed by atoms with E-state index < -0.39 is 18.0 Å². The molecule has 1 aliphatic rings. The molecule has 7 nitrogen and oxygen atoms in total. The average molecular weight is 486 g/mol. The molecule has 1 N–H and O–H groups in total. The van der Waals surface area contributed by atoms with Gasteiger partial charge in [0.15, 0.2) is 5.82 Å². The van der Waals surface area contributed by atoms with Gasteiger partial charge in [0.05, 0.1) is 23.8 Å². The maximum atomic E-state index is 13.0. The zero-order chi connectivity index (χ0) is 24.2. The SMILES string of the molecule is CSc1c(C)nc(-c2cc(NC(=O)c3ccnc(C(F)F)c3)ccc2C)nc1N1CCOCC1. The number of amides is 1. The fraction of sp³-hybridized carbons (Fsp3) is 0.333. The highest BCUT2D eigenvalue weighted by Crippen LogP contribution is 2.33. The van der Waals surface area contributed by atoms with Gasteiger partial charge in [0.1, 0.15) is 11.5 Å². The van der Waals surface area contributed by atoms with Gasteiger partial charge in [-0.1, -0.05) is 6.07 Å². The molecule has 0 atom stereocenters. The lowest BCUT2D eigenvalue weighted by Crippen LogP contribution is -2.37. The summed E-state index contributed by atoms with van der Waals surface area (Å²) in [7, 11) is 0. The number of nitrogens with zero attached hydrogens (tertiary/aromatic N) is 4. The Morgan fingerprint density at radius 3 is 2.62 bits per heavy atom. The van der Waals surface area contributed by atoms with Gasteiger partial charge in [-0.3, -0.25) is 9.78 Å². The number of nitrogens with one attached hydrogen (secondary N) is 1. The van der Waals surface area contributed by atoms with Gasteiger partial charge >= 0.3 is 0 Å². The van der Waals surface area contributed by atoms with Gasteiger partial charge in [-0.05, 0) is 49.9 Å². The summed E-state index contributed by atoms with van der Waals surface area (Å²) in [4.78, 5) is 29.2. The molecule has 34 heavy (non-hydrogen) atoms. The van der Waals surface area contributed by atoms with Crippen molar-refractivity contribution < 1.29 is 18.3 Å². The molecule has 1 aliphatic heterocycles. The Labute approximate surface area is 201 Å². The summed E-state index contributed by atoms with van der Waals surface area (Å²) in [5, 5.41) is 2.78. The number of hydrogen-bond donors (Lipinski definition) is 1. The molecule has 0 bridgehead atoms. The minimum absolute atomic E-state index is 0.110. The van der Waals surface area contributed by atoms with Crippen molar-refractivity contribution in [3.8, 4) is 11.4 Å². The first-order valence-electron chi connectivity index (χ1n) is 10.8. The molecule has 1 aromatic carbocycles. The largest absolute Gasteiger partial charge is 0.378 e. The second-order valence-electron chi connectivity index (χ2n) is 7.84. The van der Waals surface area contributed by atoms with Crippen LogP contribution in [-0.4, -0.2) is 53.4 Å². The summed E-state index contributed by atoms with van der Waals surface area (Å²) >= 11 is 1.61. The van der Waals surface area contributed by atoms with E-state index in [1.165, 1.54) is 12.3 Å². The Balaban J connectivity index is 1.66. The average Bonchev–Trinajstić information content (AvgIpc) is 2.85. The summed E-state index contributed by atoms with van der Waals surface area (Å²) in [5.74, 6) is 0.945. The maximum Gasteiger partial charge on any atom is 0.280 e. The number of morpholine rings is 1. The first-order valence-corrected chi connectivity index (χ1v) is 12.0. The minimum Gasteiger partial charge on any atom is -0.378 e. The summed E-state index contributed by atoms with van der Waals surface area (Å²) < 4.78 is 31.4. The lowest BCUT2D eigenvalue weighted by Gasteiger charge is -2.30. The third-order valence-corrected chi connectivity index (χ3v) is 6.42. The van der Waals surface area contributed by atoms with Crippen LogP contribution in [0.15, 0.2) is 41.4 Å². The van der Waals surface area contributed by atoms with E-state index >= 15 is 0 Å². The number of aryl methyl sites for hydroxylation is 2. The van der Waals surface area contributed by atoms with Gasteiger partial charge in [-0.15, -0.1) is 11.8 Å². The molecule has 2 aromatic heterocycles. The van der Waals surface area contributed by atoms with Crippen molar-refractivity contribution in [2.45, 2.75) is 25.2 Å². The number of alkyl halides is 2. The van der Waals surface area contributed by atoms with Crippen molar-refractivity contribution in [3.63, 3.8) is 0 Å². The van der Waals surface area contributed by atoms with Crippen LogP contribution < -0.4 is 10.2 Å². The van der Waals surface area contributed by atoms with E-state index in [2.05, 4.69) is 15.2 Å². The minimum atomic E-state index is -2.75. The molecule has 0 radical (unpaired) electrons. The number of benzene rings is 1. The highest BCUT2D eigenvalue weighted by Gasteiger charge is 2.21. The Kier molecular flexibility index (Phi) is 7.38. The number of aromatic nitrogens is 3. The molecule has 3 heterocycles. The summed E-state index contributed by atoms with van der Waals surface area (Å²) in [6, 6.07) is 7.94. The van der Waals surface area contributed by atoms with E-state index in [1.54, 1.807) is 23.9 Å². The number of carbonyl (C=O) groups is 1. The van der Waals surface area contributed by atoms with Crippen LogP contribution in [0.4, 0.5) is 20.3 Å². The summed E-state index contributed by atoms with van der Waals surface area (Å²) in [5.41, 5.74) is 2.80. The zero-order valence-corrected chi connectivity index (χ0v) is 20.0. The number of pyridine rings is 1. The first-order chi connectivity index (χ1) is 16.4. The third-order valence-electron chi connectivity index (χ3n) is 5.54. The van der Waals surface area contributed by atoms with Crippen LogP contribution in [0.3, 0.4) is 0 Å². The Morgan fingerprint density at radius 2 is 1.91 bits per heavy atom. The predicted molar refractivity (Wildman–Crippen MR) is 129 cm³/mol. The van der Waals surface area contributed by atoms with Gasteiger partial charge < -0.3 is 15.0 Å². The van der Waals surface area contributed by atoms with Crippen LogP contribution >= 0.6 is 11.8 Å². The Bertz CT molecular complexity index is 1200. The molecular weight excluding hydrogens is 460 g/mol. The zero-order valence-electron chi connectivity index (χ0n) is 19.1. The molecule has 0 saturated carbocycles. The van der Waals surface area contributed by atoms with Gasteiger partial charge in [-0.2, -0.15) is 0 Å². The molecule has 10 heteroatoms. The lowest BCUT2D eigenvalue weighted by molar-refractivity contribution is 0.102. The number of ether oxygens (including phenoxy) is 1. The molecule has 0 spiro atoms. The van der Waals surface area contributed by atoms with Crippen molar-refractivity contribution in [1.29, 1.82) is 0 Å². The second kappa shape index (κ2) is 10.4. The Morgan fingerprint density at radius 1 is 1.15 bits per heavy atom. The third kappa shape index (κ3) is 5.18. The van der Waals surface area contributed by atoms with Crippen LogP contribution in [0.25, 0.3) is 11.4 Å². The quantitative estimate of drug-likeness (QED) is 0.497. The lowest BCUT2D eigenvalue weighted by atomic mass is 10.1. The van der Waals surface area contributed by atoms with Crippen LogP contribution in [0.1, 0.15) is 33.7 Å². The fourth-order valence-electron chi connectivity index (χ4n) is 3.75. The van der Waals surface area contributed by atoms with Gasteiger partial charge in [-0.25, -0.2) is 18.7 Å². The van der Waals surface area contributed by atoms with Gasteiger partial charge in [0.2, 0.25) is 0 Å². The van der Waals surface area contributed by atoms with Crippen molar-refractivity contribution >= 4 is 29.2 Å². The van der Waals surface area contributed by atoms with Crippen LogP contribution in [0.2, 0.25) is 0 Å². The molecule has 1 saturated heterocycles. The van der Waals surface area contributed by atoms with E-state index in [-0.39, 0.29) is 5.56 Å². The van der Waals surface area contributed by atoms with Crippen LogP contribution in [0, 0.1) is 13.8 Å². The fourth-order valence-corrected chi connectivity index (χ4v) is 4.45. The van der Waals surface area contributed by atoms with Gasteiger partial charge in [0, 0.05) is 36.1 Å².